The standard InChI is InChI=1S/C17H17F3O/c1-11(10-21)14-8-9-15(13-6-4-3-5-7-13)16(12(14)2)17(18,19)20/h3-9,11,21H,10H2,1-2H3. The van der Waals surface area contributed by atoms with E-state index in [9.17, 15) is 18.3 Å². The first-order valence-electron chi connectivity index (χ1n) is 6.73. The van der Waals surface area contributed by atoms with E-state index >= 15 is 0 Å². The maximum atomic E-state index is 13.5. The summed E-state index contributed by atoms with van der Waals surface area (Å²) in [5.74, 6) is -0.323. The predicted octanol–water partition coefficient (Wildman–Crippen LogP) is 4.78. The van der Waals surface area contributed by atoms with Crippen LogP contribution < -0.4 is 0 Å². The van der Waals surface area contributed by atoms with Crippen molar-refractivity contribution >= 4 is 0 Å². The third-order valence-corrected chi connectivity index (χ3v) is 3.68. The van der Waals surface area contributed by atoms with Crippen LogP contribution in [0.4, 0.5) is 13.2 Å². The van der Waals surface area contributed by atoms with Gasteiger partial charge in [0.25, 0.3) is 0 Å². The van der Waals surface area contributed by atoms with E-state index < -0.39 is 11.7 Å². The van der Waals surface area contributed by atoms with Crippen molar-refractivity contribution in [3.05, 3.63) is 59.2 Å². The molecule has 0 saturated carbocycles. The SMILES string of the molecule is Cc1c(C(C)CO)ccc(-c2ccccc2)c1C(F)(F)F. The van der Waals surface area contributed by atoms with Crippen LogP contribution in [-0.4, -0.2) is 11.7 Å². The molecular formula is C17H17F3O. The highest BCUT2D eigenvalue weighted by Gasteiger charge is 2.36. The predicted molar refractivity (Wildman–Crippen MR) is 77.1 cm³/mol. The lowest BCUT2D eigenvalue weighted by molar-refractivity contribution is -0.137. The zero-order valence-electron chi connectivity index (χ0n) is 11.9. The Morgan fingerprint density at radius 2 is 1.67 bits per heavy atom. The largest absolute Gasteiger partial charge is 0.417 e. The van der Waals surface area contributed by atoms with Crippen LogP contribution in [0.3, 0.4) is 0 Å². The summed E-state index contributed by atoms with van der Waals surface area (Å²) < 4.78 is 40.4. The zero-order valence-corrected chi connectivity index (χ0v) is 11.9. The average Bonchev–Trinajstić information content (AvgIpc) is 2.45. The summed E-state index contributed by atoms with van der Waals surface area (Å²) in [7, 11) is 0. The van der Waals surface area contributed by atoms with Gasteiger partial charge in [0, 0.05) is 12.5 Å². The third kappa shape index (κ3) is 3.10. The molecule has 1 unspecified atom stereocenters. The molecule has 1 atom stereocenters. The first-order chi connectivity index (χ1) is 9.86. The molecule has 0 radical (unpaired) electrons. The summed E-state index contributed by atoms with van der Waals surface area (Å²) in [4.78, 5) is 0. The fraction of sp³-hybridized carbons (Fsp3) is 0.294. The van der Waals surface area contributed by atoms with E-state index in [2.05, 4.69) is 0 Å². The molecule has 1 N–H and O–H groups in total. The fourth-order valence-corrected chi connectivity index (χ4v) is 2.58. The van der Waals surface area contributed by atoms with Crippen LogP contribution in [-0.2, 0) is 6.18 Å². The summed E-state index contributed by atoms with van der Waals surface area (Å²) in [6.07, 6.45) is -4.43. The van der Waals surface area contributed by atoms with Gasteiger partial charge in [-0.2, -0.15) is 13.2 Å². The summed E-state index contributed by atoms with van der Waals surface area (Å²) >= 11 is 0. The van der Waals surface area contributed by atoms with Crippen molar-refractivity contribution in [2.45, 2.75) is 25.9 Å². The van der Waals surface area contributed by atoms with Crippen molar-refractivity contribution in [1.82, 2.24) is 0 Å². The van der Waals surface area contributed by atoms with Crippen molar-refractivity contribution in [3.8, 4) is 11.1 Å². The van der Waals surface area contributed by atoms with E-state index in [0.717, 1.165) is 0 Å². The Hall–Kier alpha value is -1.81. The van der Waals surface area contributed by atoms with Gasteiger partial charge in [0.1, 0.15) is 0 Å². The second-order valence-electron chi connectivity index (χ2n) is 5.15. The minimum Gasteiger partial charge on any atom is -0.396 e. The third-order valence-electron chi connectivity index (χ3n) is 3.68. The van der Waals surface area contributed by atoms with Crippen molar-refractivity contribution in [1.29, 1.82) is 0 Å². The summed E-state index contributed by atoms with van der Waals surface area (Å²) in [6, 6.07) is 11.7. The quantitative estimate of drug-likeness (QED) is 0.864. The molecule has 0 aliphatic heterocycles. The Bertz CT molecular complexity index is 618. The average molecular weight is 294 g/mol. The lowest BCUT2D eigenvalue weighted by atomic mass is 9.88. The molecule has 0 aliphatic carbocycles. The van der Waals surface area contributed by atoms with E-state index in [0.29, 0.717) is 11.1 Å². The normalized spacial score (nSPS) is 13.2. The van der Waals surface area contributed by atoms with Gasteiger partial charge >= 0.3 is 6.18 Å². The smallest absolute Gasteiger partial charge is 0.396 e. The molecule has 0 heterocycles. The Kier molecular flexibility index (Phi) is 4.37. The Morgan fingerprint density at radius 3 is 2.19 bits per heavy atom. The van der Waals surface area contributed by atoms with Crippen molar-refractivity contribution < 1.29 is 18.3 Å². The maximum Gasteiger partial charge on any atom is 0.417 e. The van der Waals surface area contributed by atoms with Crippen LogP contribution >= 0.6 is 0 Å². The van der Waals surface area contributed by atoms with Crippen LogP contribution in [0.1, 0.15) is 29.5 Å². The molecule has 0 saturated heterocycles. The minimum atomic E-state index is -4.43. The number of aliphatic hydroxyl groups excluding tert-OH is 1. The molecule has 0 aliphatic rings. The topological polar surface area (TPSA) is 20.2 Å². The van der Waals surface area contributed by atoms with Crippen LogP contribution in [0.2, 0.25) is 0 Å². The molecule has 0 bridgehead atoms. The highest BCUT2D eigenvalue weighted by molar-refractivity contribution is 5.70. The van der Waals surface area contributed by atoms with Crippen LogP contribution in [0.25, 0.3) is 11.1 Å². The molecule has 0 aromatic heterocycles. The lowest BCUT2D eigenvalue weighted by Gasteiger charge is -2.21. The van der Waals surface area contributed by atoms with Gasteiger partial charge in [-0.15, -0.1) is 0 Å². The molecule has 0 amide bonds. The molecular weight excluding hydrogens is 277 g/mol. The van der Waals surface area contributed by atoms with E-state index in [1.54, 1.807) is 43.3 Å². The summed E-state index contributed by atoms with van der Waals surface area (Å²) in [5.41, 5.74) is 0.812. The van der Waals surface area contributed by atoms with Gasteiger partial charge < -0.3 is 5.11 Å². The first-order valence-corrected chi connectivity index (χ1v) is 6.73. The number of hydrogen-bond acceptors (Lipinski definition) is 1. The number of rotatable bonds is 3. The maximum absolute atomic E-state index is 13.5. The molecule has 112 valence electrons. The molecule has 2 aromatic rings. The van der Waals surface area contributed by atoms with Gasteiger partial charge in [0.05, 0.1) is 5.56 Å². The monoisotopic (exact) mass is 294 g/mol. The van der Waals surface area contributed by atoms with Crippen LogP contribution in [0, 0.1) is 6.92 Å². The molecule has 0 spiro atoms. The fourth-order valence-electron chi connectivity index (χ4n) is 2.58. The Labute approximate surface area is 122 Å². The lowest BCUT2D eigenvalue weighted by Crippen LogP contribution is -2.13. The first kappa shape index (κ1) is 15.6. The molecule has 21 heavy (non-hydrogen) atoms. The van der Waals surface area contributed by atoms with Gasteiger partial charge in [0.15, 0.2) is 0 Å². The number of halogens is 3. The number of aliphatic hydroxyl groups is 1. The number of benzene rings is 2. The Morgan fingerprint density at radius 1 is 1.05 bits per heavy atom. The highest BCUT2D eigenvalue weighted by atomic mass is 19.4. The van der Waals surface area contributed by atoms with Gasteiger partial charge in [0.2, 0.25) is 0 Å². The van der Waals surface area contributed by atoms with Crippen LogP contribution in [0.5, 0.6) is 0 Å². The van der Waals surface area contributed by atoms with Gasteiger partial charge in [-0.05, 0) is 29.2 Å². The van der Waals surface area contributed by atoms with E-state index in [1.165, 1.54) is 13.0 Å². The molecule has 2 aromatic carbocycles. The van der Waals surface area contributed by atoms with Gasteiger partial charge in [-0.3, -0.25) is 0 Å². The summed E-state index contributed by atoms with van der Waals surface area (Å²) in [5, 5.41) is 9.21. The van der Waals surface area contributed by atoms with Crippen molar-refractivity contribution in [3.63, 3.8) is 0 Å². The number of hydrogen-bond donors (Lipinski definition) is 1. The van der Waals surface area contributed by atoms with E-state index in [-0.39, 0.29) is 23.7 Å². The zero-order chi connectivity index (χ0) is 15.6. The highest BCUT2D eigenvalue weighted by Crippen LogP contribution is 2.41. The van der Waals surface area contributed by atoms with Crippen molar-refractivity contribution in [2.75, 3.05) is 6.61 Å². The Balaban J connectivity index is 2.70. The molecule has 0 fully saturated rings. The van der Waals surface area contributed by atoms with Gasteiger partial charge in [-0.1, -0.05) is 49.4 Å². The summed E-state index contributed by atoms with van der Waals surface area (Å²) in [6.45, 7) is 3.00. The van der Waals surface area contributed by atoms with Crippen LogP contribution in [0.15, 0.2) is 42.5 Å². The molecule has 4 heteroatoms. The second-order valence-corrected chi connectivity index (χ2v) is 5.15. The minimum absolute atomic E-state index is 0.175. The van der Waals surface area contributed by atoms with E-state index in [1.807, 2.05) is 0 Å². The van der Waals surface area contributed by atoms with E-state index in [4.69, 9.17) is 0 Å². The molecule has 2 rings (SSSR count). The molecule has 1 nitrogen and oxygen atoms in total. The second kappa shape index (κ2) is 5.90. The number of alkyl halides is 3. The van der Waals surface area contributed by atoms with Gasteiger partial charge in [-0.25, -0.2) is 0 Å². The van der Waals surface area contributed by atoms with Crippen molar-refractivity contribution in [2.24, 2.45) is 0 Å².